The molecule has 1 unspecified atom stereocenters. The van der Waals surface area contributed by atoms with Crippen LogP contribution in [0.25, 0.3) is 0 Å². The van der Waals surface area contributed by atoms with Crippen LogP contribution < -0.4 is 16.5 Å². The fraction of sp³-hybridized carbons (Fsp3) is 0.824. The number of halogens is 3. The summed E-state index contributed by atoms with van der Waals surface area (Å²) in [4.78, 5) is 18.4. The molecule has 0 spiro atoms. The summed E-state index contributed by atoms with van der Waals surface area (Å²) in [5.41, 5.74) is 4.46. The van der Waals surface area contributed by atoms with Gasteiger partial charge in [0.2, 0.25) is 5.95 Å². The van der Waals surface area contributed by atoms with Crippen molar-refractivity contribution in [3.8, 4) is 0 Å². The number of nitrogens with two attached hydrogens (primary N) is 1. The highest BCUT2D eigenvalue weighted by Crippen LogP contribution is 2.46. The second-order valence-corrected chi connectivity index (χ2v) is 10.3. The van der Waals surface area contributed by atoms with Crippen molar-refractivity contribution in [3.05, 3.63) is 16.8 Å². The summed E-state index contributed by atoms with van der Waals surface area (Å²) in [7, 11) is -3.19. The van der Waals surface area contributed by atoms with Gasteiger partial charge in [0, 0.05) is 43.9 Å². The molecule has 1 aromatic rings. The highest BCUT2D eigenvalue weighted by molar-refractivity contribution is 7.54. The van der Waals surface area contributed by atoms with Gasteiger partial charge in [-0.3, -0.25) is 9.13 Å². The number of nitrogen functional groups attached to an aromatic ring is 1. The topological polar surface area (TPSA) is 206 Å². The van der Waals surface area contributed by atoms with Gasteiger partial charge in [-0.05, 0) is 6.42 Å². The molecule has 204 valence electrons. The number of anilines is 1. The van der Waals surface area contributed by atoms with Crippen LogP contribution in [-0.2, 0) is 13.8 Å². The zero-order valence-electron chi connectivity index (χ0n) is 18.8. The average Bonchev–Trinajstić information content (AvgIpc) is 3.12. The molecule has 2 rings (SSSR count). The van der Waals surface area contributed by atoms with Crippen LogP contribution in [0.2, 0.25) is 0 Å². The molecule has 7 N–H and O–H groups in total. The smallest absolute Gasteiger partial charge is 0.354 e. The Morgan fingerprint density at radius 1 is 1.20 bits per heavy atom. The molecule has 1 aliphatic heterocycles. The van der Waals surface area contributed by atoms with Crippen LogP contribution in [0, 0.1) is 0 Å². The monoisotopic (exact) mass is 584 g/mol. The fourth-order valence-electron chi connectivity index (χ4n) is 2.89. The Bertz CT molecular complexity index is 837. The predicted octanol–water partition coefficient (Wildman–Crippen LogP) is -1.07. The van der Waals surface area contributed by atoms with Crippen molar-refractivity contribution >= 4 is 48.4 Å². The van der Waals surface area contributed by atoms with Crippen LogP contribution in [0.5, 0.6) is 0 Å². The number of nitrogens with one attached hydrogen (secondary N) is 1. The van der Waals surface area contributed by atoms with Gasteiger partial charge < -0.3 is 35.4 Å². The molecule has 5 atom stereocenters. The van der Waals surface area contributed by atoms with E-state index in [1.54, 1.807) is 4.67 Å². The Morgan fingerprint density at radius 2 is 1.86 bits per heavy atom. The van der Waals surface area contributed by atoms with Gasteiger partial charge in [0.1, 0.15) is 24.6 Å². The lowest BCUT2D eigenvalue weighted by Gasteiger charge is -2.30. The van der Waals surface area contributed by atoms with Gasteiger partial charge in [0.25, 0.3) is 0 Å². The van der Waals surface area contributed by atoms with Gasteiger partial charge in [-0.25, -0.2) is 19.5 Å². The summed E-state index contributed by atoms with van der Waals surface area (Å²) in [5, 5.41) is 39.7. The van der Waals surface area contributed by atoms with E-state index in [-0.39, 0.29) is 25.0 Å². The first-order chi connectivity index (χ1) is 16.7. The van der Waals surface area contributed by atoms with Gasteiger partial charge in [-0.1, -0.05) is 0 Å². The van der Waals surface area contributed by atoms with Crippen LogP contribution in [0.1, 0.15) is 12.6 Å². The molecule has 14 nitrogen and oxygen atoms in total. The molecule has 35 heavy (non-hydrogen) atoms. The maximum absolute atomic E-state index is 12.7. The van der Waals surface area contributed by atoms with Crippen LogP contribution in [0.3, 0.4) is 0 Å². The van der Waals surface area contributed by atoms with E-state index in [4.69, 9.17) is 60.0 Å². The van der Waals surface area contributed by atoms with E-state index in [2.05, 4.69) is 15.1 Å². The molecule has 0 aliphatic carbocycles. The molecule has 1 aromatic heterocycles. The van der Waals surface area contributed by atoms with Gasteiger partial charge >= 0.3 is 13.4 Å². The number of aromatic nitrogens is 3. The summed E-state index contributed by atoms with van der Waals surface area (Å²) in [5.74, 6) is 0.707. The van der Waals surface area contributed by atoms with E-state index in [0.717, 1.165) is 10.9 Å². The first-order valence-corrected chi connectivity index (χ1v) is 13.7. The van der Waals surface area contributed by atoms with Crippen molar-refractivity contribution in [2.75, 3.05) is 62.8 Å². The predicted molar refractivity (Wildman–Crippen MR) is 131 cm³/mol. The Kier molecular flexibility index (Phi) is 15.7. The van der Waals surface area contributed by atoms with Crippen molar-refractivity contribution < 1.29 is 34.3 Å². The van der Waals surface area contributed by atoms with Crippen LogP contribution in [0.4, 0.5) is 5.95 Å². The van der Waals surface area contributed by atoms with E-state index in [1.807, 2.05) is 0 Å². The first-order valence-electron chi connectivity index (χ1n) is 10.6. The number of hydrogen-bond donors (Lipinski definition) is 6. The van der Waals surface area contributed by atoms with E-state index in [1.165, 1.54) is 0 Å². The van der Waals surface area contributed by atoms with E-state index < -0.39 is 44.5 Å². The van der Waals surface area contributed by atoms with Crippen LogP contribution >= 0.6 is 42.5 Å². The summed E-state index contributed by atoms with van der Waals surface area (Å²) in [6.45, 7) is 0.913. The molecule has 2 heterocycles. The summed E-state index contributed by atoms with van der Waals surface area (Å²) in [6, 6.07) is 0. The molecular formula is C17H32Cl3N6O8P. The Hall–Kier alpha value is -0.610. The molecule has 0 bridgehead atoms. The van der Waals surface area contributed by atoms with E-state index in [9.17, 15) is 19.6 Å². The molecule has 0 amide bonds. The van der Waals surface area contributed by atoms with Crippen molar-refractivity contribution in [1.29, 1.82) is 0 Å². The maximum atomic E-state index is 12.7. The first kappa shape index (κ1) is 32.4. The molecule has 0 saturated carbocycles. The Balaban J connectivity index is 0.000000350. The summed E-state index contributed by atoms with van der Waals surface area (Å²) < 4.78 is 25.6. The fourth-order valence-corrected chi connectivity index (χ4v) is 5.68. The van der Waals surface area contributed by atoms with Crippen LogP contribution in [-0.4, -0.2) is 115 Å². The van der Waals surface area contributed by atoms with Crippen molar-refractivity contribution in [2.24, 2.45) is 0 Å². The minimum Gasteiger partial charge on any atom is -0.396 e. The third-order valence-electron chi connectivity index (χ3n) is 4.58. The molecular weight excluding hydrogens is 554 g/mol. The minimum atomic E-state index is -3.19. The zero-order chi connectivity index (χ0) is 26.4. The van der Waals surface area contributed by atoms with E-state index in [0.29, 0.717) is 37.8 Å². The summed E-state index contributed by atoms with van der Waals surface area (Å²) >= 11 is 16.9. The van der Waals surface area contributed by atoms with Gasteiger partial charge in [-0.15, -0.1) is 34.8 Å². The van der Waals surface area contributed by atoms with E-state index >= 15 is 0 Å². The van der Waals surface area contributed by atoms with Crippen molar-refractivity contribution in [1.82, 2.24) is 24.3 Å². The number of nitrogens with zero attached hydrogens (tertiary/aromatic N) is 4. The third kappa shape index (κ3) is 9.99. The second-order valence-electron chi connectivity index (χ2n) is 6.99. The SMILES string of the molecule is Nc1ncn([C@@H]2O[C@H](CO)[C@@H](O)[C@H]2O)c(=O)n1.O=P(NCCCO)(OCCCl)N(CCCl)CCCl. The molecule has 1 saturated heterocycles. The number of hydrogen-bond acceptors (Lipinski definition) is 11. The number of ether oxygens (including phenoxy) is 1. The number of rotatable bonds is 14. The zero-order valence-corrected chi connectivity index (χ0v) is 22.0. The van der Waals surface area contributed by atoms with Gasteiger partial charge in [0.05, 0.1) is 13.2 Å². The lowest BCUT2D eigenvalue weighted by atomic mass is 10.1. The highest BCUT2D eigenvalue weighted by atomic mass is 35.5. The van der Waals surface area contributed by atoms with Crippen molar-refractivity contribution in [2.45, 2.75) is 31.0 Å². The maximum Gasteiger partial charge on any atom is 0.354 e. The van der Waals surface area contributed by atoms with Gasteiger partial charge in [0.15, 0.2) is 6.23 Å². The number of aliphatic hydroxyl groups is 4. The molecule has 1 fully saturated rings. The number of alkyl halides is 3. The lowest BCUT2D eigenvalue weighted by Crippen LogP contribution is -2.36. The molecule has 1 aliphatic rings. The molecule has 18 heteroatoms. The summed E-state index contributed by atoms with van der Waals surface area (Å²) in [6.07, 6.45) is -3.18. The second kappa shape index (κ2) is 17.0. The Labute approximate surface area is 217 Å². The van der Waals surface area contributed by atoms with Crippen LogP contribution in [0.15, 0.2) is 11.1 Å². The quantitative estimate of drug-likeness (QED) is 0.0875. The van der Waals surface area contributed by atoms with Gasteiger partial charge in [-0.2, -0.15) is 4.98 Å². The standard InChI is InChI=1S/C9H20Cl3N2O3P.C8H12N4O5/c10-2-6-14(7-3-11)18(16,17-9-4-12)13-5-1-8-15;9-7-10-2-12(8(16)11-7)6-5(15)4(14)3(1-13)17-6/h15H,1-9H2,(H,13,16);2-6,13-15H,1H2,(H2,9,11,16)/t;3-,4-,5-,6-/m.1/s1. The molecule has 0 radical (unpaired) electrons. The minimum absolute atomic E-state index is 0.0213. The Morgan fingerprint density at radius 3 is 2.34 bits per heavy atom. The average molecular weight is 586 g/mol. The largest absolute Gasteiger partial charge is 0.396 e. The molecule has 0 aromatic carbocycles. The lowest BCUT2D eigenvalue weighted by molar-refractivity contribution is -0.0554. The normalized spacial score (nSPS) is 23.7. The third-order valence-corrected chi connectivity index (χ3v) is 7.38. The number of aliphatic hydroxyl groups excluding tert-OH is 4. The highest BCUT2D eigenvalue weighted by Gasteiger charge is 2.43. The van der Waals surface area contributed by atoms with Crippen molar-refractivity contribution in [3.63, 3.8) is 0 Å².